The van der Waals surface area contributed by atoms with Crippen molar-refractivity contribution in [2.24, 2.45) is 5.92 Å². The lowest BCUT2D eigenvalue weighted by atomic mass is 9.94. The van der Waals surface area contributed by atoms with Gasteiger partial charge in [0.25, 0.3) is 0 Å². The number of unbranched alkanes of at least 4 members (excludes halogenated alkanes) is 1. The maximum atomic E-state index is 5.07. The molecule has 0 aliphatic rings. The summed E-state index contributed by atoms with van der Waals surface area (Å²) in [6, 6.07) is 8.66. The van der Waals surface area contributed by atoms with E-state index in [1.807, 2.05) is 0 Å². The predicted molar refractivity (Wildman–Crippen MR) is 85.6 cm³/mol. The second-order valence-corrected chi connectivity index (χ2v) is 5.95. The van der Waals surface area contributed by atoms with Crippen LogP contribution in [0.3, 0.4) is 0 Å². The summed E-state index contributed by atoms with van der Waals surface area (Å²) in [7, 11) is 1.75. The van der Waals surface area contributed by atoms with Gasteiger partial charge in [-0.2, -0.15) is 0 Å². The quantitative estimate of drug-likeness (QED) is 0.655. The largest absolute Gasteiger partial charge is 0.383 e. The summed E-state index contributed by atoms with van der Waals surface area (Å²) in [6.07, 6.45) is 5.03. The highest BCUT2D eigenvalue weighted by Gasteiger charge is 2.09. The highest BCUT2D eigenvalue weighted by atomic mass is 79.9. The molecule has 0 bridgehead atoms. The third kappa shape index (κ3) is 7.71. The van der Waals surface area contributed by atoms with Gasteiger partial charge in [-0.1, -0.05) is 47.8 Å². The maximum Gasteiger partial charge on any atom is 0.0587 e. The van der Waals surface area contributed by atoms with E-state index in [1.54, 1.807) is 7.11 Å². The van der Waals surface area contributed by atoms with E-state index in [4.69, 9.17) is 4.74 Å². The Balaban J connectivity index is 2.43. The number of benzene rings is 1. The summed E-state index contributed by atoms with van der Waals surface area (Å²) in [5.41, 5.74) is 1.42. The summed E-state index contributed by atoms with van der Waals surface area (Å²) in [4.78, 5) is 0. The SMILES string of the molecule is CCCCC(CNCCOC)Cc1cccc(Br)c1. The first kappa shape index (κ1) is 16.7. The molecule has 1 aromatic rings. The molecule has 0 spiro atoms. The van der Waals surface area contributed by atoms with Crippen molar-refractivity contribution in [3.63, 3.8) is 0 Å². The van der Waals surface area contributed by atoms with E-state index < -0.39 is 0 Å². The van der Waals surface area contributed by atoms with Crippen LogP contribution in [0.4, 0.5) is 0 Å². The minimum Gasteiger partial charge on any atom is -0.383 e. The van der Waals surface area contributed by atoms with Crippen LogP contribution in [0.2, 0.25) is 0 Å². The van der Waals surface area contributed by atoms with Crippen molar-refractivity contribution >= 4 is 15.9 Å². The van der Waals surface area contributed by atoms with Crippen molar-refractivity contribution in [1.82, 2.24) is 5.32 Å². The van der Waals surface area contributed by atoms with Crippen LogP contribution in [-0.4, -0.2) is 26.8 Å². The molecular weight excluding hydrogens is 302 g/mol. The molecular formula is C16H26BrNO. The third-order valence-electron chi connectivity index (χ3n) is 3.30. The first-order valence-electron chi connectivity index (χ1n) is 7.20. The van der Waals surface area contributed by atoms with Crippen LogP contribution in [0.5, 0.6) is 0 Å². The number of ether oxygens (including phenoxy) is 1. The normalized spacial score (nSPS) is 12.6. The second-order valence-electron chi connectivity index (χ2n) is 5.04. The van der Waals surface area contributed by atoms with E-state index in [0.29, 0.717) is 5.92 Å². The summed E-state index contributed by atoms with van der Waals surface area (Å²) in [5.74, 6) is 0.714. The van der Waals surface area contributed by atoms with Crippen LogP contribution in [0.1, 0.15) is 31.7 Å². The molecule has 0 radical (unpaired) electrons. The van der Waals surface area contributed by atoms with Gasteiger partial charge in [-0.05, 0) is 43.0 Å². The van der Waals surface area contributed by atoms with Gasteiger partial charge in [0.15, 0.2) is 0 Å². The topological polar surface area (TPSA) is 21.3 Å². The number of methoxy groups -OCH3 is 1. The summed E-state index contributed by atoms with van der Waals surface area (Å²) >= 11 is 3.55. The molecule has 1 rings (SSSR count). The molecule has 0 saturated heterocycles. The zero-order valence-corrected chi connectivity index (χ0v) is 13.7. The molecule has 0 fully saturated rings. The molecule has 0 aromatic heterocycles. The van der Waals surface area contributed by atoms with E-state index in [-0.39, 0.29) is 0 Å². The highest BCUT2D eigenvalue weighted by molar-refractivity contribution is 9.10. The Hall–Kier alpha value is -0.380. The van der Waals surface area contributed by atoms with Crippen molar-refractivity contribution in [2.75, 3.05) is 26.8 Å². The van der Waals surface area contributed by atoms with Crippen molar-refractivity contribution in [3.8, 4) is 0 Å². The van der Waals surface area contributed by atoms with Crippen LogP contribution in [0.15, 0.2) is 28.7 Å². The summed E-state index contributed by atoms with van der Waals surface area (Å²) in [6.45, 7) is 5.07. The Morgan fingerprint density at radius 1 is 1.37 bits per heavy atom. The van der Waals surface area contributed by atoms with Crippen LogP contribution in [-0.2, 0) is 11.2 Å². The Labute approximate surface area is 126 Å². The lowest BCUT2D eigenvalue weighted by Crippen LogP contribution is -2.27. The fraction of sp³-hybridized carbons (Fsp3) is 0.625. The van der Waals surface area contributed by atoms with Crippen molar-refractivity contribution in [2.45, 2.75) is 32.6 Å². The summed E-state index contributed by atoms with van der Waals surface area (Å²) < 4.78 is 6.24. The minimum absolute atomic E-state index is 0.714. The molecule has 0 saturated carbocycles. The average molecular weight is 328 g/mol. The molecule has 108 valence electrons. The zero-order valence-electron chi connectivity index (χ0n) is 12.1. The van der Waals surface area contributed by atoms with Crippen molar-refractivity contribution in [3.05, 3.63) is 34.3 Å². The van der Waals surface area contributed by atoms with Gasteiger partial charge in [-0.15, -0.1) is 0 Å². The van der Waals surface area contributed by atoms with Gasteiger partial charge in [-0.3, -0.25) is 0 Å². The fourth-order valence-electron chi connectivity index (χ4n) is 2.25. The standard InChI is InChI=1S/C16H26BrNO/c1-3-4-6-15(13-18-9-10-19-2)11-14-7-5-8-16(17)12-14/h5,7-8,12,15,18H,3-4,6,9-11,13H2,1-2H3. The number of hydrogen-bond acceptors (Lipinski definition) is 2. The maximum absolute atomic E-state index is 5.07. The van der Waals surface area contributed by atoms with Crippen molar-refractivity contribution in [1.29, 1.82) is 0 Å². The van der Waals surface area contributed by atoms with Gasteiger partial charge in [0.2, 0.25) is 0 Å². The second kappa shape index (κ2) is 10.4. The lowest BCUT2D eigenvalue weighted by molar-refractivity contribution is 0.197. The number of nitrogens with one attached hydrogen (secondary N) is 1. The van der Waals surface area contributed by atoms with Gasteiger partial charge in [0.05, 0.1) is 6.61 Å². The molecule has 0 amide bonds. The minimum atomic E-state index is 0.714. The first-order chi connectivity index (χ1) is 9.26. The first-order valence-corrected chi connectivity index (χ1v) is 7.99. The molecule has 1 aromatic carbocycles. The number of rotatable bonds is 10. The molecule has 0 heterocycles. The highest BCUT2D eigenvalue weighted by Crippen LogP contribution is 2.18. The molecule has 1 N–H and O–H groups in total. The molecule has 3 heteroatoms. The average Bonchev–Trinajstić information content (AvgIpc) is 2.40. The lowest BCUT2D eigenvalue weighted by Gasteiger charge is -2.17. The van der Waals surface area contributed by atoms with Gasteiger partial charge in [0, 0.05) is 18.1 Å². The van der Waals surface area contributed by atoms with E-state index in [2.05, 4.69) is 52.4 Å². The van der Waals surface area contributed by atoms with E-state index in [0.717, 1.165) is 26.1 Å². The smallest absolute Gasteiger partial charge is 0.0587 e. The van der Waals surface area contributed by atoms with Crippen LogP contribution in [0.25, 0.3) is 0 Å². The Kier molecular flexibility index (Phi) is 9.14. The molecule has 1 atom stereocenters. The monoisotopic (exact) mass is 327 g/mol. The van der Waals surface area contributed by atoms with E-state index >= 15 is 0 Å². The molecule has 19 heavy (non-hydrogen) atoms. The van der Waals surface area contributed by atoms with E-state index in [1.165, 1.54) is 29.3 Å². The number of halogens is 1. The van der Waals surface area contributed by atoms with Gasteiger partial charge in [0.1, 0.15) is 0 Å². The molecule has 2 nitrogen and oxygen atoms in total. The molecule has 0 aliphatic carbocycles. The van der Waals surface area contributed by atoms with Gasteiger partial charge >= 0.3 is 0 Å². The van der Waals surface area contributed by atoms with Gasteiger partial charge in [-0.25, -0.2) is 0 Å². The molecule has 0 aliphatic heterocycles. The molecule has 1 unspecified atom stereocenters. The Morgan fingerprint density at radius 2 is 2.21 bits per heavy atom. The Morgan fingerprint density at radius 3 is 2.89 bits per heavy atom. The van der Waals surface area contributed by atoms with Gasteiger partial charge < -0.3 is 10.1 Å². The van der Waals surface area contributed by atoms with E-state index in [9.17, 15) is 0 Å². The fourth-order valence-corrected chi connectivity index (χ4v) is 2.69. The third-order valence-corrected chi connectivity index (χ3v) is 3.79. The van der Waals surface area contributed by atoms with Crippen LogP contribution < -0.4 is 5.32 Å². The summed E-state index contributed by atoms with van der Waals surface area (Å²) in [5, 5.41) is 3.49. The van der Waals surface area contributed by atoms with Crippen LogP contribution in [0, 0.1) is 5.92 Å². The predicted octanol–water partition coefficient (Wildman–Crippen LogP) is 4.03. The number of hydrogen-bond donors (Lipinski definition) is 1. The Bertz CT molecular complexity index is 343. The zero-order chi connectivity index (χ0) is 13.9. The van der Waals surface area contributed by atoms with Crippen molar-refractivity contribution < 1.29 is 4.74 Å². The van der Waals surface area contributed by atoms with Crippen LogP contribution >= 0.6 is 15.9 Å².